The van der Waals surface area contributed by atoms with Gasteiger partial charge in [-0.3, -0.25) is 14.2 Å². The maximum atomic E-state index is 12.6. The van der Waals surface area contributed by atoms with Gasteiger partial charge in [0.25, 0.3) is 7.82 Å². The van der Waals surface area contributed by atoms with Crippen molar-refractivity contribution in [3.8, 4) is 0 Å². The topological polar surface area (TPSA) is 124 Å². The fourth-order valence-electron chi connectivity index (χ4n) is 5.53. The van der Waals surface area contributed by atoms with Crippen LogP contribution in [0.3, 0.4) is 0 Å². The van der Waals surface area contributed by atoms with Gasteiger partial charge in [-0.25, -0.2) is 0 Å². The van der Waals surface area contributed by atoms with Gasteiger partial charge < -0.3 is 32.6 Å². The van der Waals surface area contributed by atoms with E-state index >= 15 is 0 Å². The molecule has 10 nitrogen and oxygen atoms in total. The molecule has 1 rings (SSSR count). The average Bonchev–Trinajstić information content (AvgIpc) is 3.89. The molecular weight excluding hydrogens is 717 g/mol. The van der Waals surface area contributed by atoms with Gasteiger partial charge in [-0.1, -0.05) is 113 Å². The Kier molecular flexibility index (Phi) is 30.2. The molecule has 0 aliphatic carbocycles. The lowest BCUT2D eigenvalue weighted by Gasteiger charge is -2.28. The average molecular weight is 794 g/mol. The molecule has 0 N–H and O–H groups in total. The molecular formula is C44H76NO9P. The number of rotatable bonds is 36. The highest BCUT2D eigenvalue weighted by atomic mass is 31.2. The first kappa shape index (κ1) is 50.7. The van der Waals surface area contributed by atoms with Gasteiger partial charge in [-0.2, -0.15) is 0 Å². The van der Waals surface area contributed by atoms with Crippen LogP contribution in [0.15, 0.2) is 60.8 Å². The van der Waals surface area contributed by atoms with Crippen molar-refractivity contribution in [1.29, 1.82) is 0 Å². The minimum Gasteiger partial charge on any atom is -0.756 e. The number of quaternary nitrogens is 1. The van der Waals surface area contributed by atoms with Crippen LogP contribution in [0, 0.1) is 0 Å². The lowest BCUT2D eigenvalue weighted by atomic mass is 10.1. The number of phosphoric acid groups is 1. The zero-order valence-corrected chi connectivity index (χ0v) is 35.9. The van der Waals surface area contributed by atoms with Crippen molar-refractivity contribution in [3.05, 3.63) is 60.8 Å². The normalized spacial score (nSPS) is 17.9. The first-order valence-corrected chi connectivity index (χ1v) is 22.6. The summed E-state index contributed by atoms with van der Waals surface area (Å²) >= 11 is 0. The van der Waals surface area contributed by atoms with Crippen LogP contribution in [0.5, 0.6) is 0 Å². The first-order valence-electron chi connectivity index (χ1n) is 21.1. The molecule has 1 fully saturated rings. The number of ether oxygens (including phenoxy) is 3. The summed E-state index contributed by atoms with van der Waals surface area (Å²) in [5, 5.41) is 0. The molecule has 0 amide bonds. The Morgan fingerprint density at radius 3 is 1.95 bits per heavy atom. The highest BCUT2D eigenvalue weighted by Crippen LogP contribution is 2.38. The molecule has 55 heavy (non-hydrogen) atoms. The number of likely N-dealkylation sites (N-methyl/N-ethyl adjacent to an activating group) is 1. The summed E-state index contributed by atoms with van der Waals surface area (Å²) < 4.78 is 39.5. The number of epoxide rings is 1. The zero-order chi connectivity index (χ0) is 40.5. The smallest absolute Gasteiger partial charge is 0.306 e. The van der Waals surface area contributed by atoms with E-state index in [-0.39, 0.29) is 26.1 Å². The Hall–Kier alpha value is -2.33. The number of hydrogen-bond acceptors (Lipinski definition) is 9. The van der Waals surface area contributed by atoms with E-state index in [2.05, 4.69) is 74.6 Å². The second kappa shape index (κ2) is 32.7. The van der Waals surface area contributed by atoms with Crippen LogP contribution < -0.4 is 4.89 Å². The molecule has 0 aromatic heterocycles. The number of hydrogen-bond donors (Lipinski definition) is 0. The molecule has 4 atom stereocenters. The van der Waals surface area contributed by atoms with Gasteiger partial charge in [-0.15, -0.1) is 0 Å². The number of esters is 2. The molecule has 3 unspecified atom stereocenters. The van der Waals surface area contributed by atoms with Crippen molar-refractivity contribution in [2.45, 2.75) is 161 Å². The van der Waals surface area contributed by atoms with Crippen molar-refractivity contribution < 1.29 is 46.8 Å². The third kappa shape index (κ3) is 33.5. The van der Waals surface area contributed by atoms with E-state index < -0.39 is 32.5 Å². The van der Waals surface area contributed by atoms with Crippen LogP contribution in [0.2, 0.25) is 0 Å². The molecule has 1 aliphatic heterocycles. The molecule has 1 aliphatic rings. The molecule has 0 aromatic rings. The molecule has 11 heteroatoms. The summed E-state index contributed by atoms with van der Waals surface area (Å²) in [4.78, 5) is 37.5. The molecule has 0 radical (unpaired) electrons. The van der Waals surface area contributed by atoms with Crippen molar-refractivity contribution in [1.82, 2.24) is 0 Å². The number of nitrogens with zero attached hydrogens (tertiary/aromatic N) is 1. The summed E-state index contributed by atoms with van der Waals surface area (Å²) in [6.07, 6.45) is 39.9. The molecule has 0 bridgehead atoms. The number of carbonyl (C=O) groups is 2. The lowest BCUT2D eigenvalue weighted by molar-refractivity contribution is -0.870. The number of unbranched alkanes of at least 4 members (excludes halogenated alkanes) is 9. The highest BCUT2D eigenvalue weighted by molar-refractivity contribution is 7.45. The van der Waals surface area contributed by atoms with E-state index in [1.165, 1.54) is 25.7 Å². The molecule has 0 spiro atoms. The summed E-state index contributed by atoms with van der Waals surface area (Å²) in [6.45, 7) is 3.98. The Morgan fingerprint density at radius 2 is 1.27 bits per heavy atom. The highest BCUT2D eigenvalue weighted by Gasteiger charge is 2.36. The number of allylic oxidation sites excluding steroid dienone is 9. The largest absolute Gasteiger partial charge is 0.756 e. The molecule has 1 heterocycles. The number of phosphoric ester groups is 1. The van der Waals surface area contributed by atoms with Crippen LogP contribution in [-0.2, 0) is 37.4 Å². The third-order valence-corrected chi connectivity index (χ3v) is 9.91. The summed E-state index contributed by atoms with van der Waals surface area (Å²) in [6, 6.07) is 0. The van der Waals surface area contributed by atoms with E-state index in [9.17, 15) is 19.0 Å². The van der Waals surface area contributed by atoms with Crippen molar-refractivity contribution in [3.63, 3.8) is 0 Å². The molecule has 316 valence electrons. The summed E-state index contributed by atoms with van der Waals surface area (Å²) in [7, 11) is 1.11. The zero-order valence-electron chi connectivity index (χ0n) is 35.0. The second-order valence-electron chi connectivity index (χ2n) is 15.4. The predicted molar refractivity (Wildman–Crippen MR) is 221 cm³/mol. The fraction of sp³-hybridized carbons (Fsp3) is 0.727. The third-order valence-electron chi connectivity index (χ3n) is 8.95. The van der Waals surface area contributed by atoms with E-state index in [4.69, 9.17) is 23.3 Å². The maximum absolute atomic E-state index is 12.6. The van der Waals surface area contributed by atoms with Gasteiger partial charge in [0.15, 0.2) is 6.10 Å². The Labute approximate surface area is 334 Å². The van der Waals surface area contributed by atoms with Crippen molar-refractivity contribution in [2.75, 3.05) is 47.5 Å². The summed E-state index contributed by atoms with van der Waals surface area (Å²) in [5.74, 6) is -0.912. The van der Waals surface area contributed by atoms with Crippen LogP contribution in [0.1, 0.15) is 142 Å². The quantitative estimate of drug-likeness (QED) is 0.0152. The first-order chi connectivity index (χ1) is 26.5. The monoisotopic (exact) mass is 794 g/mol. The van der Waals surface area contributed by atoms with Crippen molar-refractivity contribution >= 4 is 19.8 Å². The van der Waals surface area contributed by atoms with Gasteiger partial charge in [0.05, 0.1) is 40.0 Å². The Bertz CT molecular complexity index is 1190. The van der Waals surface area contributed by atoms with E-state index in [0.29, 0.717) is 36.1 Å². The standard InChI is InChI=1S/C44H76NO9P/c1-6-8-10-11-12-13-14-15-16-17-18-19-24-27-31-35-44(47)53-40(39-52-55(48,49)51-37-36-45(3,4)5)38-50-43(46)34-30-26-23-21-20-22-25-29-33-42-41(54-42)32-28-9-7-2/h8,10,12-13,15-16,18-19,25,29,40-42H,6-7,9,11,14,17,20-24,26-28,30-39H2,1-5H3/b10-8-,13-12-,16-15-,19-18-,29-25-/t40-,41?,42?/m1/s1. The molecule has 1 saturated heterocycles. The van der Waals surface area contributed by atoms with E-state index in [0.717, 1.165) is 77.0 Å². The second-order valence-corrected chi connectivity index (χ2v) is 16.8. The maximum Gasteiger partial charge on any atom is 0.306 e. The fourth-order valence-corrected chi connectivity index (χ4v) is 6.26. The summed E-state index contributed by atoms with van der Waals surface area (Å²) in [5.41, 5.74) is 0. The SMILES string of the molecule is CC/C=C\C/C=C\C/C=C\C/C=C\CCCCC(=O)O[C@H](COC(=O)CCCCCCC/C=C\CC1OC1CCCCC)COP(=O)([O-])OCC[N+](C)(C)C. The van der Waals surface area contributed by atoms with Gasteiger partial charge in [0, 0.05) is 12.8 Å². The van der Waals surface area contributed by atoms with Gasteiger partial charge in [-0.05, 0) is 77.0 Å². The van der Waals surface area contributed by atoms with Crippen molar-refractivity contribution in [2.24, 2.45) is 0 Å². The predicted octanol–water partition coefficient (Wildman–Crippen LogP) is 10.0. The van der Waals surface area contributed by atoms with Crippen LogP contribution in [0.25, 0.3) is 0 Å². The van der Waals surface area contributed by atoms with E-state index in [1.807, 2.05) is 21.1 Å². The van der Waals surface area contributed by atoms with Crippen LogP contribution in [0.4, 0.5) is 0 Å². The molecule has 0 aromatic carbocycles. The molecule has 0 saturated carbocycles. The minimum atomic E-state index is -4.64. The lowest BCUT2D eigenvalue weighted by Crippen LogP contribution is -2.37. The van der Waals surface area contributed by atoms with Crippen LogP contribution in [-0.4, -0.2) is 82.2 Å². The van der Waals surface area contributed by atoms with Gasteiger partial charge in [0.1, 0.15) is 19.8 Å². The van der Waals surface area contributed by atoms with E-state index in [1.54, 1.807) is 0 Å². The van der Waals surface area contributed by atoms with Gasteiger partial charge >= 0.3 is 11.9 Å². The minimum absolute atomic E-state index is 0.0464. The van der Waals surface area contributed by atoms with Gasteiger partial charge in [0.2, 0.25) is 0 Å². The Morgan fingerprint density at radius 1 is 0.691 bits per heavy atom. The number of carbonyl (C=O) groups excluding carboxylic acids is 2. The Balaban J connectivity index is 2.33. The van der Waals surface area contributed by atoms with Crippen LogP contribution >= 0.6 is 7.82 Å².